The van der Waals surface area contributed by atoms with Crippen molar-refractivity contribution in [1.29, 1.82) is 0 Å². The van der Waals surface area contributed by atoms with Crippen molar-refractivity contribution in [2.75, 3.05) is 26.9 Å². The lowest BCUT2D eigenvalue weighted by atomic mass is 10.2. The fourth-order valence-corrected chi connectivity index (χ4v) is 4.72. The van der Waals surface area contributed by atoms with Crippen molar-refractivity contribution in [3.8, 4) is 5.75 Å². The number of amides is 1. The first-order chi connectivity index (χ1) is 15.7. The third-order valence-corrected chi connectivity index (χ3v) is 6.35. The van der Waals surface area contributed by atoms with Crippen LogP contribution in [0.5, 0.6) is 5.75 Å². The van der Waals surface area contributed by atoms with Gasteiger partial charge in [-0.1, -0.05) is 18.2 Å². The van der Waals surface area contributed by atoms with Crippen LogP contribution in [0.3, 0.4) is 0 Å². The quantitative estimate of drug-likeness (QED) is 0.444. The molecule has 5 rings (SSSR count). The minimum atomic E-state index is -0.0191. The first-order valence-corrected chi connectivity index (χ1v) is 11.1. The van der Waals surface area contributed by atoms with Crippen LogP contribution in [-0.2, 0) is 23.1 Å². The van der Waals surface area contributed by atoms with E-state index in [1.54, 1.807) is 7.11 Å². The predicted molar refractivity (Wildman–Crippen MR) is 124 cm³/mol. The second-order valence-electron chi connectivity index (χ2n) is 8.24. The Balaban J connectivity index is 1.32. The van der Waals surface area contributed by atoms with Crippen molar-refractivity contribution in [3.05, 3.63) is 60.6 Å². The van der Waals surface area contributed by atoms with E-state index in [0.29, 0.717) is 6.61 Å². The lowest BCUT2D eigenvalue weighted by Crippen LogP contribution is -2.35. The number of hydrogen-bond donors (Lipinski definition) is 0. The van der Waals surface area contributed by atoms with E-state index in [4.69, 9.17) is 14.5 Å². The van der Waals surface area contributed by atoms with Crippen LogP contribution in [0.25, 0.3) is 21.9 Å². The zero-order valence-corrected chi connectivity index (χ0v) is 18.5. The van der Waals surface area contributed by atoms with E-state index in [-0.39, 0.29) is 18.6 Å². The molecule has 0 spiro atoms. The number of likely N-dealkylation sites (tertiary alicyclic amines) is 1. The number of aryl methyl sites for hydroxylation is 1. The number of imidazole rings is 1. The molecule has 0 aliphatic carbocycles. The van der Waals surface area contributed by atoms with Crippen LogP contribution in [0.2, 0.25) is 0 Å². The summed E-state index contributed by atoms with van der Waals surface area (Å²) < 4.78 is 15.5. The monoisotopic (exact) mass is 432 g/mol. The maximum atomic E-state index is 13.2. The van der Waals surface area contributed by atoms with Crippen LogP contribution in [-0.4, -0.2) is 51.8 Å². The number of carbonyl (C=O) groups excluding carboxylic acids is 1. The maximum absolute atomic E-state index is 13.2. The minimum absolute atomic E-state index is 0.00428. The molecule has 1 amide bonds. The molecule has 0 saturated carbocycles. The van der Waals surface area contributed by atoms with Gasteiger partial charge in [0, 0.05) is 38.8 Å². The van der Waals surface area contributed by atoms with E-state index >= 15 is 0 Å². The van der Waals surface area contributed by atoms with Crippen LogP contribution in [0.1, 0.15) is 24.7 Å². The van der Waals surface area contributed by atoms with Crippen LogP contribution < -0.4 is 4.74 Å². The molecular weight excluding hydrogens is 404 g/mol. The number of ether oxygens (including phenoxy) is 2. The fraction of sp³-hybridized carbons (Fsp3) is 0.360. The van der Waals surface area contributed by atoms with Gasteiger partial charge in [0.15, 0.2) is 6.61 Å². The maximum Gasteiger partial charge on any atom is 0.261 e. The van der Waals surface area contributed by atoms with Gasteiger partial charge in [-0.2, -0.15) is 0 Å². The van der Waals surface area contributed by atoms with Gasteiger partial charge < -0.3 is 23.5 Å². The number of fused-ring (bicyclic) bond motifs is 2. The number of carbonyl (C=O) groups is 1. The molecule has 0 bridgehead atoms. The summed E-state index contributed by atoms with van der Waals surface area (Å²) in [6.45, 7) is 2.16. The predicted octanol–water partition coefficient (Wildman–Crippen LogP) is 3.92. The zero-order chi connectivity index (χ0) is 22.1. The number of hydrogen-bond acceptors (Lipinski definition) is 4. The Morgan fingerprint density at radius 2 is 1.97 bits per heavy atom. The second kappa shape index (κ2) is 8.67. The summed E-state index contributed by atoms with van der Waals surface area (Å²) in [4.78, 5) is 19.9. The van der Waals surface area contributed by atoms with Crippen LogP contribution >= 0.6 is 0 Å². The first kappa shape index (κ1) is 20.6. The van der Waals surface area contributed by atoms with Gasteiger partial charge >= 0.3 is 0 Å². The number of benzene rings is 2. The molecule has 1 aliphatic heterocycles. The molecule has 32 heavy (non-hydrogen) atoms. The molecule has 2 aromatic heterocycles. The number of rotatable bonds is 7. The average molecular weight is 433 g/mol. The van der Waals surface area contributed by atoms with E-state index in [9.17, 15) is 4.79 Å². The Hall–Kier alpha value is -3.32. The molecule has 1 fully saturated rings. The standard InChI is InChI=1S/C25H28N4O3/c1-27-21-8-4-3-7-19(21)26-25(27)22-10-6-13-29(22)24(30)17-32-23-11-5-9-20-18(23)12-14-28(20)15-16-31-2/h3-5,7-9,11-12,14,22H,6,10,13,15-17H2,1-2H3/t22-/m0/s1. The first-order valence-electron chi connectivity index (χ1n) is 11.1. The molecule has 1 saturated heterocycles. The molecule has 1 atom stereocenters. The Morgan fingerprint density at radius 1 is 1.12 bits per heavy atom. The average Bonchev–Trinajstić information content (AvgIpc) is 3.54. The summed E-state index contributed by atoms with van der Waals surface area (Å²) in [6.07, 6.45) is 3.92. The highest BCUT2D eigenvalue weighted by atomic mass is 16.5. The summed E-state index contributed by atoms with van der Waals surface area (Å²) in [5.74, 6) is 1.66. The number of methoxy groups -OCH3 is 1. The number of nitrogens with zero attached hydrogens (tertiary/aromatic N) is 4. The van der Waals surface area contributed by atoms with Gasteiger partial charge in [0.05, 0.1) is 29.2 Å². The topological polar surface area (TPSA) is 61.5 Å². The van der Waals surface area contributed by atoms with Gasteiger partial charge in [0.25, 0.3) is 5.91 Å². The van der Waals surface area contributed by atoms with Gasteiger partial charge in [0.1, 0.15) is 11.6 Å². The Bertz CT molecular complexity index is 1260. The van der Waals surface area contributed by atoms with Crippen molar-refractivity contribution < 1.29 is 14.3 Å². The molecule has 0 radical (unpaired) electrons. The molecule has 7 nitrogen and oxygen atoms in total. The van der Waals surface area contributed by atoms with Gasteiger partial charge in [-0.3, -0.25) is 4.79 Å². The van der Waals surface area contributed by atoms with Crippen molar-refractivity contribution >= 4 is 27.8 Å². The van der Waals surface area contributed by atoms with Crippen molar-refractivity contribution in [1.82, 2.24) is 19.0 Å². The molecule has 3 heterocycles. The third kappa shape index (κ3) is 3.62. The molecule has 166 valence electrons. The lowest BCUT2D eigenvalue weighted by molar-refractivity contribution is -0.134. The van der Waals surface area contributed by atoms with Gasteiger partial charge in [-0.05, 0) is 43.2 Å². The van der Waals surface area contributed by atoms with E-state index in [1.165, 1.54) is 0 Å². The smallest absolute Gasteiger partial charge is 0.261 e. The third-order valence-electron chi connectivity index (χ3n) is 6.35. The van der Waals surface area contributed by atoms with Crippen LogP contribution in [0.4, 0.5) is 0 Å². The van der Waals surface area contributed by atoms with Gasteiger partial charge in [-0.15, -0.1) is 0 Å². The molecule has 1 aliphatic rings. The van der Waals surface area contributed by atoms with E-state index in [1.807, 2.05) is 54.5 Å². The van der Waals surface area contributed by atoms with Crippen molar-refractivity contribution in [2.24, 2.45) is 7.05 Å². The molecule has 2 aromatic carbocycles. The molecular formula is C25H28N4O3. The summed E-state index contributed by atoms with van der Waals surface area (Å²) in [7, 11) is 3.72. The van der Waals surface area contributed by atoms with E-state index < -0.39 is 0 Å². The number of para-hydroxylation sites is 2. The normalized spacial score (nSPS) is 16.3. The second-order valence-corrected chi connectivity index (χ2v) is 8.24. The summed E-state index contributed by atoms with van der Waals surface area (Å²) in [5, 5.41) is 1.00. The van der Waals surface area contributed by atoms with E-state index in [2.05, 4.69) is 21.3 Å². The highest BCUT2D eigenvalue weighted by molar-refractivity contribution is 5.87. The van der Waals surface area contributed by atoms with Crippen LogP contribution in [0, 0.1) is 0 Å². The highest BCUT2D eigenvalue weighted by Crippen LogP contribution is 2.33. The SMILES string of the molecule is COCCn1ccc2c(OCC(=O)N3CCC[C@H]3c3nc4ccccc4n3C)cccc21. The highest BCUT2D eigenvalue weighted by Gasteiger charge is 2.33. The lowest BCUT2D eigenvalue weighted by Gasteiger charge is -2.24. The molecule has 4 aromatic rings. The molecule has 7 heteroatoms. The Labute approximate surface area is 187 Å². The summed E-state index contributed by atoms with van der Waals surface area (Å²) in [5.41, 5.74) is 3.12. The Kier molecular flexibility index (Phi) is 5.57. The minimum Gasteiger partial charge on any atom is -0.483 e. The van der Waals surface area contributed by atoms with E-state index in [0.717, 1.165) is 59.4 Å². The largest absolute Gasteiger partial charge is 0.483 e. The summed E-state index contributed by atoms with van der Waals surface area (Å²) in [6, 6.07) is 16.0. The molecule has 0 unspecified atom stereocenters. The zero-order valence-electron chi connectivity index (χ0n) is 18.5. The number of aromatic nitrogens is 3. The fourth-order valence-electron chi connectivity index (χ4n) is 4.72. The molecule has 0 N–H and O–H groups in total. The van der Waals surface area contributed by atoms with Crippen molar-refractivity contribution in [3.63, 3.8) is 0 Å². The van der Waals surface area contributed by atoms with Gasteiger partial charge in [-0.25, -0.2) is 4.98 Å². The van der Waals surface area contributed by atoms with Crippen molar-refractivity contribution in [2.45, 2.75) is 25.4 Å². The van der Waals surface area contributed by atoms with Crippen LogP contribution in [0.15, 0.2) is 54.7 Å². The Morgan fingerprint density at radius 3 is 2.81 bits per heavy atom. The summed E-state index contributed by atoms with van der Waals surface area (Å²) >= 11 is 0. The van der Waals surface area contributed by atoms with Gasteiger partial charge in [0.2, 0.25) is 0 Å².